The fourth-order valence-corrected chi connectivity index (χ4v) is 2.45. The van der Waals surface area contributed by atoms with E-state index in [-0.39, 0.29) is 0 Å². The van der Waals surface area contributed by atoms with E-state index in [9.17, 15) is 0 Å². The first kappa shape index (κ1) is 11.7. The summed E-state index contributed by atoms with van der Waals surface area (Å²) in [6.45, 7) is 1.95. The van der Waals surface area contributed by atoms with Crippen molar-refractivity contribution in [2.24, 2.45) is 0 Å². The Balaban J connectivity index is 2.62. The van der Waals surface area contributed by atoms with Gasteiger partial charge in [0.2, 0.25) is 0 Å². The van der Waals surface area contributed by atoms with E-state index in [0.717, 1.165) is 20.8 Å². The van der Waals surface area contributed by atoms with E-state index in [1.165, 1.54) is 0 Å². The van der Waals surface area contributed by atoms with Crippen molar-refractivity contribution in [2.75, 3.05) is 7.11 Å². The molecule has 0 unspecified atom stereocenters. The Kier molecular flexibility index (Phi) is 3.39. The van der Waals surface area contributed by atoms with Gasteiger partial charge in [0.1, 0.15) is 15.1 Å². The number of methoxy groups -OCH3 is 1. The van der Waals surface area contributed by atoms with Crippen LogP contribution in [0.5, 0.6) is 5.75 Å². The predicted octanol–water partition coefficient (Wildman–Crippen LogP) is 3.45. The standard InChI is InChI=1S/C11H10ClIN2O/c1-7-5-11(13)15(14-7)9-6-8(12)3-4-10(9)16-2/h3-6H,1-2H3. The molecule has 0 bridgehead atoms. The number of hydrogen-bond donors (Lipinski definition) is 0. The van der Waals surface area contributed by atoms with Gasteiger partial charge in [-0.25, -0.2) is 4.68 Å². The summed E-state index contributed by atoms with van der Waals surface area (Å²) in [6.07, 6.45) is 0. The van der Waals surface area contributed by atoms with Crippen LogP contribution in [-0.4, -0.2) is 16.9 Å². The second-order valence-corrected chi connectivity index (χ2v) is 4.88. The molecule has 0 aliphatic carbocycles. The fraction of sp³-hybridized carbons (Fsp3) is 0.182. The molecular weight excluding hydrogens is 338 g/mol. The Morgan fingerprint density at radius 1 is 1.38 bits per heavy atom. The molecule has 0 aliphatic rings. The molecule has 1 heterocycles. The van der Waals surface area contributed by atoms with Gasteiger partial charge in [0.05, 0.1) is 12.8 Å². The average molecular weight is 349 g/mol. The summed E-state index contributed by atoms with van der Waals surface area (Å²) >= 11 is 8.21. The molecule has 0 aliphatic heterocycles. The third-order valence-electron chi connectivity index (χ3n) is 2.16. The van der Waals surface area contributed by atoms with Crippen LogP contribution in [0, 0.1) is 10.6 Å². The van der Waals surface area contributed by atoms with Gasteiger partial charge in [-0.15, -0.1) is 0 Å². The van der Waals surface area contributed by atoms with E-state index in [2.05, 4.69) is 27.7 Å². The summed E-state index contributed by atoms with van der Waals surface area (Å²) in [5.41, 5.74) is 1.82. The Labute approximate surface area is 113 Å². The van der Waals surface area contributed by atoms with Gasteiger partial charge in [-0.05, 0) is 53.8 Å². The lowest BCUT2D eigenvalue weighted by atomic mass is 10.3. The van der Waals surface area contributed by atoms with Crippen LogP contribution < -0.4 is 4.74 Å². The van der Waals surface area contributed by atoms with Gasteiger partial charge in [-0.3, -0.25) is 0 Å². The molecule has 84 valence electrons. The molecule has 5 heteroatoms. The first-order chi connectivity index (χ1) is 7.61. The number of benzene rings is 1. The number of nitrogens with zero attached hydrogens (tertiary/aromatic N) is 2. The van der Waals surface area contributed by atoms with Gasteiger partial charge in [0.15, 0.2) is 0 Å². The van der Waals surface area contributed by atoms with Crippen LogP contribution in [0.4, 0.5) is 0 Å². The number of aryl methyl sites for hydroxylation is 1. The Bertz CT molecular complexity index is 525. The van der Waals surface area contributed by atoms with E-state index >= 15 is 0 Å². The van der Waals surface area contributed by atoms with Crippen molar-refractivity contribution in [1.82, 2.24) is 9.78 Å². The minimum absolute atomic E-state index is 0.666. The molecule has 0 fully saturated rings. The molecule has 1 aromatic carbocycles. The SMILES string of the molecule is COc1ccc(Cl)cc1-n1nc(C)cc1I. The van der Waals surface area contributed by atoms with Gasteiger partial charge < -0.3 is 4.74 Å². The van der Waals surface area contributed by atoms with Crippen molar-refractivity contribution < 1.29 is 4.74 Å². The van der Waals surface area contributed by atoms with Crippen molar-refractivity contribution >= 4 is 34.2 Å². The largest absolute Gasteiger partial charge is 0.494 e. The molecule has 0 amide bonds. The van der Waals surface area contributed by atoms with E-state index in [4.69, 9.17) is 16.3 Å². The Hall–Kier alpha value is -0.750. The van der Waals surface area contributed by atoms with E-state index in [1.807, 2.05) is 29.8 Å². The highest BCUT2D eigenvalue weighted by molar-refractivity contribution is 14.1. The lowest BCUT2D eigenvalue weighted by molar-refractivity contribution is 0.411. The monoisotopic (exact) mass is 348 g/mol. The van der Waals surface area contributed by atoms with Crippen LogP contribution in [0.2, 0.25) is 5.02 Å². The second kappa shape index (κ2) is 4.63. The van der Waals surface area contributed by atoms with Crippen LogP contribution in [-0.2, 0) is 0 Å². The molecule has 2 aromatic rings. The maximum atomic E-state index is 5.98. The van der Waals surface area contributed by atoms with Crippen molar-refractivity contribution in [3.8, 4) is 11.4 Å². The van der Waals surface area contributed by atoms with Crippen LogP contribution in [0.15, 0.2) is 24.3 Å². The number of aromatic nitrogens is 2. The summed E-state index contributed by atoms with van der Waals surface area (Å²) in [4.78, 5) is 0. The molecule has 0 saturated heterocycles. The summed E-state index contributed by atoms with van der Waals surface area (Å²) in [5, 5.41) is 5.07. The highest BCUT2D eigenvalue weighted by Gasteiger charge is 2.10. The molecule has 16 heavy (non-hydrogen) atoms. The highest BCUT2D eigenvalue weighted by atomic mass is 127. The summed E-state index contributed by atoms with van der Waals surface area (Å²) < 4.78 is 8.14. The zero-order chi connectivity index (χ0) is 11.7. The highest BCUT2D eigenvalue weighted by Crippen LogP contribution is 2.27. The molecule has 1 aromatic heterocycles. The van der Waals surface area contributed by atoms with E-state index in [1.54, 1.807) is 13.2 Å². The Morgan fingerprint density at radius 2 is 2.12 bits per heavy atom. The van der Waals surface area contributed by atoms with Crippen LogP contribution in [0.25, 0.3) is 5.69 Å². The quantitative estimate of drug-likeness (QED) is 0.777. The third-order valence-corrected chi connectivity index (χ3v) is 3.16. The normalized spacial score (nSPS) is 10.5. The first-order valence-electron chi connectivity index (χ1n) is 4.68. The molecule has 0 N–H and O–H groups in total. The summed E-state index contributed by atoms with van der Waals surface area (Å²) in [6, 6.07) is 7.48. The van der Waals surface area contributed by atoms with E-state index in [0.29, 0.717) is 5.02 Å². The molecule has 0 atom stereocenters. The molecular formula is C11H10ClIN2O. The van der Waals surface area contributed by atoms with Crippen LogP contribution in [0.1, 0.15) is 5.69 Å². The van der Waals surface area contributed by atoms with Gasteiger partial charge in [0, 0.05) is 5.02 Å². The molecule has 0 radical (unpaired) electrons. The first-order valence-corrected chi connectivity index (χ1v) is 6.13. The minimum atomic E-state index is 0.666. The zero-order valence-corrected chi connectivity index (χ0v) is 11.8. The van der Waals surface area contributed by atoms with Crippen molar-refractivity contribution in [3.05, 3.63) is 38.7 Å². The van der Waals surface area contributed by atoms with Crippen molar-refractivity contribution in [1.29, 1.82) is 0 Å². The van der Waals surface area contributed by atoms with E-state index < -0.39 is 0 Å². The fourth-order valence-electron chi connectivity index (χ4n) is 1.47. The van der Waals surface area contributed by atoms with Crippen LogP contribution >= 0.6 is 34.2 Å². The number of ether oxygens (including phenoxy) is 1. The summed E-state index contributed by atoms with van der Waals surface area (Å²) in [7, 11) is 1.63. The van der Waals surface area contributed by atoms with Gasteiger partial charge >= 0.3 is 0 Å². The molecule has 0 saturated carbocycles. The summed E-state index contributed by atoms with van der Waals surface area (Å²) in [5.74, 6) is 0.755. The lowest BCUT2D eigenvalue weighted by Gasteiger charge is -2.09. The number of halogens is 2. The number of hydrogen-bond acceptors (Lipinski definition) is 2. The zero-order valence-electron chi connectivity index (χ0n) is 8.87. The topological polar surface area (TPSA) is 27.1 Å². The average Bonchev–Trinajstić information content (AvgIpc) is 2.57. The lowest BCUT2D eigenvalue weighted by Crippen LogP contribution is -2.01. The second-order valence-electron chi connectivity index (χ2n) is 3.34. The maximum Gasteiger partial charge on any atom is 0.144 e. The third kappa shape index (κ3) is 2.17. The molecule has 3 nitrogen and oxygen atoms in total. The predicted molar refractivity (Wildman–Crippen MR) is 72.6 cm³/mol. The minimum Gasteiger partial charge on any atom is -0.494 e. The van der Waals surface area contributed by atoms with Gasteiger partial charge in [-0.1, -0.05) is 11.6 Å². The Morgan fingerprint density at radius 3 is 2.69 bits per heavy atom. The number of rotatable bonds is 2. The van der Waals surface area contributed by atoms with Crippen LogP contribution in [0.3, 0.4) is 0 Å². The van der Waals surface area contributed by atoms with Gasteiger partial charge in [-0.2, -0.15) is 5.10 Å². The molecule has 0 spiro atoms. The van der Waals surface area contributed by atoms with Crippen molar-refractivity contribution in [2.45, 2.75) is 6.92 Å². The van der Waals surface area contributed by atoms with Crippen molar-refractivity contribution in [3.63, 3.8) is 0 Å². The maximum absolute atomic E-state index is 5.98. The van der Waals surface area contributed by atoms with Gasteiger partial charge in [0.25, 0.3) is 0 Å². The smallest absolute Gasteiger partial charge is 0.144 e. The molecule has 2 rings (SSSR count).